The van der Waals surface area contributed by atoms with E-state index in [0.29, 0.717) is 12.8 Å². The Morgan fingerprint density at radius 1 is 1.25 bits per heavy atom. The molecular formula is C6H14Cl2N2O2. The highest BCUT2D eigenvalue weighted by Crippen LogP contribution is 2.22. The van der Waals surface area contributed by atoms with Crippen molar-refractivity contribution in [3.8, 4) is 0 Å². The second-order valence-electron chi connectivity index (χ2n) is 2.84. The third-order valence-corrected chi connectivity index (χ3v) is 1.97. The van der Waals surface area contributed by atoms with Crippen LogP contribution < -0.4 is 11.5 Å². The summed E-state index contributed by atoms with van der Waals surface area (Å²) in [6.07, 6.45) is 1.16. The van der Waals surface area contributed by atoms with E-state index in [0.717, 1.165) is 0 Å². The fourth-order valence-electron chi connectivity index (χ4n) is 1.39. The smallest absolute Gasteiger partial charge is 0.308 e. The van der Waals surface area contributed by atoms with Gasteiger partial charge in [-0.3, -0.25) is 4.79 Å². The molecule has 1 aliphatic carbocycles. The maximum absolute atomic E-state index is 10.4. The highest BCUT2D eigenvalue weighted by atomic mass is 35.5. The van der Waals surface area contributed by atoms with Gasteiger partial charge >= 0.3 is 5.97 Å². The Hall–Kier alpha value is -0.0300. The van der Waals surface area contributed by atoms with E-state index in [1.54, 1.807) is 0 Å². The van der Waals surface area contributed by atoms with Gasteiger partial charge in [0.05, 0.1) is 5.92 Å². The van der Waals surface area contributed by atoms with E-state index in [1.807, 2.05) is 0 Å². The zero-order valence-corrected chi connectivity index (χ0v) is 8.11. The highest BCUT2D eigenvalue weighted by molar-refractivity contribution is 5.85. The molecule has 5 N–H and O–H groups in total. The third-order valence-electron chi connectivity index (χ3n) is 1.97. The van der Waals surface area contributed by atoms with Gasteiger partial charge in [-0.25, -0.2) is 0 Å². The summed E-state index contributed by atoms with van der Waals surface area (Å²) in [6.45, 7) is 0. The molecule has 0 aromatic heterocycles. The molecule has 1 unspecified atom stereocenters. The van der Waals surface area contributed by atoms with Crippen LogP contribution >= 0.6 is 24.8 Å². The molecule has 0 aromatic carbocycles. The van der Waals surface area contributed by atoms with Crippen molar-refractivity contribution in [2.75, 3.05) is 0 Å². The molecule has 0 aliphatic heterocycles. The zero-order chi connectivity index (χ0) is 7.72. The zero-order valence-electron chi connectivity index (χ0n) is 6.47. The molecule has 4 nitrogen and oxygen atoms in total. The maximum atomic E-state index is 10.4. The van der Waals surface area contributed by atoms with Crippen molar-refractivity contribution in [1.82, 2.24) is 0 Å². The molecule has 0 bridgehead atoms. The van der Waals surface area contributed by atoms with Crippen LogP contribution in [0, 0.1) is 5.92 Å². The van der Waals surface area contributed by atoms with Gasteiger partial charge in [0.15, 0.2) is 0 Å². The van der Waals surface area contributed by atoms with Gasteiger partial charge in [-0.2, -0.15) is 0 Å². The first-order valence-corrected chi connectivity index (χ1v) is 3.35. The number of halogens is 2. The predicted octanol–water partition coefficient (Wildman–Crippen LogP) is -0.0208. The largest absolute Gasteiger partial charge is 0.481 e. The van der Waals surface area contributed by atoms with Crippen LogP contribution in [0.3, 0.4) is 0 Å². The standard InChI is InChI=1S/C6H12N2O2.2ClH/c7-3-1-4(6(9)10)5(8)2-3;;/h3-5H,1-2,7-8H2,(H,9,10);2*1H/t3?,4-,5+;;/m1../s1. The summed E-state index contributed by atoms with van der Waals surface area (Å²) in [5.74, 6) is -1.24. The van der Waals surface area contributed by atoms with Crippen LogP contribution in [0.2, 0.25) is 0 Å². The molecule has 0 amide bonds. The number of hydrogen-bond acceptors (Lipinski definition) is 3. The van der Waals surface area contributed by atoms with Crippen LogP contribution in [-0.2, 0) is 4.79 Å². The molecule has 0 radical (unpaired) electrons. The Kier molecular flexibility index (Phi) is 6.75. The number of carboxylic acid groups (broad SMARTS) is 1. The van der Waals surface area contributed by atoms with E-state index < -0.39 is 11.9 Å². The first kappa shape index (κ1) is 14.5. The molecule has 1 fully saturated rings. The van der Waals surface area contributed by atoms with Crippen molar-refractivity contribution < 1.29 is 9.90 Å². The number of carboxylic acids is 1. The molecule has 1 aliphatic rings. The minimum Gasteiger partial charge on any atom is -0.481 e. The van der Waals surface area contributed by atoms with Gasteiger partial charge in [0.25, 0.3) is 0 Å². The monoisotopic (exact) mass is 216 g/mol. The van der Waals surface area contributed by atoms with Gasteiger partial charge in [-0.15, -0.1) is 24.8 Å². The number of hydrogen-bond donors (Lipinski definition) is 3. The fourth-order valence-corrected chi connectivity index (χ4v) is 1.39. The van der Waals surface area contributed by atoms with Crippen molar-refractivity contribution in [3.63, 3.8) is 0 Å². The van der Waals surface area contributed by atoms with E-state index in [9.17, 15) is 4.79 Å². The summed E-state index contributed by atoms with van der Waals surface area (Å²) < 4.78 is 0. The van der Waals surface area contributed by atoms with Crippen LogP contribution in [0.15, 0.2) is 0 Å². The fraction of sp³-hybridized carbons (Fsp3) is 0.833. The molecule has 0 aromatic rings. The predicted molar refractivity (Wildman–Crippen MR) is 50.8 cm³/mol. The van der Waals surface area contributed by atoms with Crippen LogP contribution in [0.4, 0.5) is 0 Å². The summed E-state index contributed by atoms with van der Waals surface area (Å²) in [4.78, 5) is 10.4. The maximum Gasteiger partial charge on any atom is 0.308 e. The van der Waals surface area contributed by atoms with Crippen LogP contribution in [0.5, 0.6) is 0 Å². The Labute approximate surface area is 83.5 Å². The molecular weight excluding hydrogens is 203 g/mol. The molecule has 1 rings (SSSR count). The molecule has 6 heteroatoms. The van der Waals surface area contributed by atoms with Gasteiger partial charge < -0.3 is 16.6 Å². The number of carbonyl (C=O) groups is 1. The van der Waals surface area contributed by atoms with Gasteiger partial charge in [0.2, 0.25) is 0 Å². The Bertz CT molecular complexity index is 156. The average Bonchev–Trinajstić information content (AvgIpc) is 2.10. The molecule has 74 valence electrons. The molecule has 0 saturated heterocycles. The quantitative estimate of drug-likeness (QED) is 0.575. The average molecular weight is 217 g/mol. The van der Waals surface area contributed by atoms with E-state index in [2.05, 4.69) is 0 Å². The number of aliphatic carboxylic acids is 1. The molecule has 3 atom stereocenters. The molecule has 12 heavy (non-hydrogen) atoms. The van der Waals surface area contributed by atoms with Gasteiger partial charge in [0.1, 0.15) is 0 Å². The first-order chi connectivity index (χ1) is 4.61. The lowest BCUT2D eigenvalue weighted by Gasteiger charge is -2.07. The van der Waals surface area contributed by atoms with Crippen molar-refractivity contribution >= 4 is 30.8 Å². The minimum absolute atomic E-state index is 0. The van der Waals surface area contributed by atoms with Gasteiger partial charge in [-0.1, -0.05) is 0 Å². The second kappa shape index (κ2) is 5.59. The minimum atomic E-state index is -0.819. The Balaban J connectivity index is 0. The van der Waals surface area contributed by atoms with Gasteiger partial charge in [-0.05, 0) is 12.8 Å². The summed E-state index contributed by atoms with van der Waals surface area (Å²) in [5.41, 5.74) is 11.0. The number of rotatable bonds is 1. The summed E-state index contributed by atoms with van der Waals surface area (Å²) in [5, 5.41) is 8.57. The topological polar surface area (TPSA) is 89.3 Å². The summed E-state index contributed by atoms with van der Waals surface area (Å²) in [6, 6.07) is -0.261. The Morgan fingerprint density at radius 2 is 1.75 bits per heavy atom. The van der Waals surface area contributed by atoms with E-state index >= 15 is 0 Å². The van der Waals surface area contributed by atoms with Crippen molar-refractivity contribution in [2.24, 2.45) is 17.4 Å². The lowest BCUT2D eigenvalue weighted by molar-refractivity contribution is -0.141. The van der Waals surface area contributed by atoms with E-state index in [1.165, 1.54) is 0 Å². The highest BCUT2D eigenvalue weighted by Gasteiger charge is 2.34. The summed E-state index contributed by atoms with van der Waals surface area (Å²) >= 11 is 0. The van der Waals surface area contributed by atoms with E-state index in [-0.39, 0.29) is 36.9 Å². The van der Waals surface area contributed by atoms with Crippen LogP contribution in [-0.4, -0.2) is 23.2 Å². The SMILES string of the molecule is Cl.Cl.NC1C[C@H](N)[C@H](C(=O)O)C1. The van der Waals surface area contributed by atoms with Crippen LogP contribution in [0.1, 0.15) is 12.8 Å². The molecule has 0 spiro atoms. The molecule has 1 saturated carbocycles. The summed E-state index contributed by atoms with van der Waals surface area (Å²) in [7, 11) is 0. The van der Waals surface area contributed by atoms with Crippen molar-refractivity contribution in [2.45, 2.75) is 24.9 Å². The van der Waals surface area contributed by atoms with Crippen LogP contribution in [0.25, 0.3) is 0 Å². The lowest BCUT2D eigenvalue weighted by Crippen LogP contribution is -2.30. The van der Waals surface area contributed by atoms with E-state index in [4.69, 9.17) is 16.6 Å². The van der Waals surface area contributed by atoms with Gasteiger partial charge in [0, 0.05) is 12.1 Å². The third kappa shape index (κ3) is 3.15. The number of nitrogens with two attached hydrogens (primary N) is 2. The lowest BCUT2D eigenvalue weighted by atomic mass is 10.1. The first-order valence-electron chi connectivity index (χ1n) is 3.35. The van der Waals surface area contributed by atoms with Crippen molar-refractivity contribution in [3.05, 3.63) is 0 Å². The molecule has 0 heterocycles. The normalized spacial score (nSPS) is 33.3. The van der Waals surface area contributed by atoms with Crippen molar-refractivity contribution in [1.29, 1.82) is 0 Å². The Morgan fingerprint density at radius 3 is 1.92 bits per heavy atom. The second-order valence-corrected chi connectivity index (χ2v) is 2.84.